The summed E-state index contributed by atoms with van der Waals surface area (Å²) in [6, 6.07) is 11.2. The first-order chi connectivity index (χ1) is 9.40. The summed E-state index contributed by atoms with van der Waals surface area (Å²) >= 11 is 1.24. The zero-order valence-electron chi connectivity index (χ0n) is 10.6. The van der Waals surface area contributed by atoms with E-state index in [4.69, 9.17) is 0 Å². The first-order valence-electron chi connectivity index (χ1n) is 5.81. The van der Waals surface area contributed by atoms with Gasteiger partial charge in [0.15, 0.2) is 6.29 Å². The third-order valence-corrected chi connectivity index (χ3v) is 3.66. The molecule has 2 aromatic carbocycles. The fraction of sp³-hybridized carbons (Fsp3) is 0.133. The van der Waals surface area contributed by atoms with E-state index < -0.39 is 11.7 Å². The molecule has 0 N–H and O–H groups in total. The molecule has 0 bridgehead atoms. The maximum atomic E-state index is 12.9. The van der Waals surface area contributed by atoms with E-state index in [9.17, 15) is 18.0 Å². The van der Waals surface area contributed by atoms with Gasteiger partial charge in [0.25, 0.3) is 0 Å². The fourth-order valence-electron chi connectivity index (χ4n) is 1.76. The van der Waals surface area contributed by atoms with Crippen molar-refractivity contribution in [3.05, 3.63) is 59.2 Å². The molecule has 104 valence electrons. The van der Waals surface area contributed by atoms with Crippen molar-refractivity contribution in [2.75, 3.05) is 0 Å². The molecule has 0 aliphatic rings. The summed E-state index contributed by atoms with van der Waals surface area (Å²) in [7, 11) is 0. The van der Waals surface area contributed by atoms with Gasteiger partial charge in [-0.25, -0.2) is 0 Å². The monoisotopic (exact) mass is 296 g/mol. The number of benzene rings is 2. The second-order valence-corrected chi connectivity index (χ2v) is 5.43. The lowest BCUT2D eigenvalue weighted by atomic mass is 10.1. The van der Waals surface area contributed by atoms with Crippen LogP contribution in [-0.4, -0.2) is 6.29 Å². The van der Waals surface area contributed by atoms with Crippen LogP contribution in [0.3, 0.4) is 0 Å². The highest BCUT2D eigenvalue weighted by molar-refractivity contribution is 7.99. The molecule has 0 aliphatic heterocycles. The van der Waals surface area contributed by atoms with E-state index in [0.717, 1.165) is 16.5 Å². The molecule has 5 heteroatoms. The second kappa shape index (κ2) is 5.71. The van der Waals surface area contributed by atoms with Gasteiger partial charge in [-0.2, -0.15) is 13.2 Å². The Balaban J connectivity index is 2.37. The van der Waals surface area contributed by atoms with Crippen LogP contribution in [0.25, 0.3) is 0 Å². The highest BCUT2D eigenvalue weighted by atomic mass is 32.2. The molecule has 0 fully saturated rings. The van der Waals surface area contributed by atoms with E-state index in [1.54, 1.807) is 0 Å². The number of halogens is 3. The van der Waals surface area contributed by atoms with Gasteiger partial charge in [-0.05, 0) is 37.3 Å². The third kappa shape index (κ3) is 3.42. The van der Waals surface area contributed by atoms with E-state index in [2.05, 4.69) is 0 Å². The summed E-state index contributed by atoms with van der Waals surface area (Å²) in [6.45, 7) is 1.92. The van der Waals surface area contributed by atoms with Gasteiger partial charge in [0.05, 0.1) is 5.56 Å². The van der Waals surface area contributed by atoms with Gasteiger partial charge in [0.1, 0.15) is 0 Å². The maximum Gasteiger partial charge on any atom is 0.417 e. The molecular weight excluding hydrogens is 285 g/mol. The summed E-state index contributed by atoms with van der Waals surface area (Å²) < 4.78 is 38.6. The van der Waals surface area contributed by atoms with Crippen LogP contribution in [0.2, 0.25) is 0 Å². The molecular formula is C15H11F3OS. The van der Waals surface area contributed by atoms with Crippen LogP contribution in [0.1, 0.15) is 21.5 Å². The van der Waals surface area contributed by atoms with Gasteiger partial charge in [-0.15, -0.1) is 0 Å². The lowest BCUT2D eigenvalue weighted by molar-refractivity contribution is -0.138. The lowest BCUT2D eigenvalue weighted by Crippen LogP contribution is -2.08. The van der Waals surface area contributed by atoms with Crippen LogP contribution in [-0.2, 0) is 6.18 Å². The van der Waals surface area contributed by atoms with Gasteiger partial charge in [0, 0.05) is 15.4 Å². The van der Waals surface area contributed by atoms with Crippen LogP contribution >= 0.6 is 11.8 Å². The SMILES string of the molecule is Cc1cccc(Sc2ccc(C=O)c(C(F)(F)F)c2)c1. The molecule has 1 nitrogen and oxygen atoms in total. The molecule has 0 unspecified atom stereocenters. The standard InChI is InChI=1S/C15H11F3OS/c1-10-3-2-4-12(7-10)20-13-6-5-11(9-19)14(8-13)15(16,17)18/h2-9H,1H3. The Morgan fingerprint density at radius 1 is 1.05 bits per heavy atom. The number of carbonyl (C=O) groups excluding carboxylic acids is 1. The van der Waals surface area contributed by atoms with Crippen LogP contribution in [0.4, 0.5) is 13.2 Å². The average Bonchev–Trinajstić information content (AvgIpc) is 2.37. The Kier molecular flexibility index (Phi) is 4.18. The Labute approximate surface area is 118 Å². The summed E-state index contributed by atoms with van der Waals surface area (Å²) in [6.07, 6.45) is -4.30. The van der Waals surface area contributed by atoms with E-state index in [1.165, 1.54) is 23.9 Å². The minimum atomic E-state index is -4.53. The summed E-state index contributed by atoms with van der Waals surface area (Å²) in [5, 5.41) is 0. The fourth-order valence-corrected chi connectivity index (χ4v) is 2.74. The Morgan fingerprint density at radius 3 is 2.35 bits per heavy atom. The molecule has 0 saturated heterocycles. The first kappa shape index (κ1) is 14.7. The van der Waals surface area contributed by atoms with Crippen molar-refractivity contribution < 1.29 is 18.0 Å². The van der Waals surface area contributed by atoms with Crippen molar-refractivity contribution in [1.82, 2.24) is 0 Å². The number of carbonyl (C=O) groups is 1. The minimum Gasteiger partial charge on any atom is -0.298 e. The van der Waals surface area contributed by atoms with Gasteiger partial charge in [-0.1, -0.05) is 29.5 Å². The van der Waals surface area contributed by atoms with Gasteiger partial charge >= 0.3 is 6.18 Å². The quantitative estimate of drug-likeness (QED) is 0.743. The zero-order chi connectivity index (χ0) is 14.8. The normalized spacial score (nSPS) is 11.4. The number of hydrogen-bond acceptors (Lipinski definition) is 2. The van der Waals surface area contributed by atoms with Gasteiger partial charge < -0.3 is 0 Å². The van der Waals surface area contributed by atoms with Crippen molar-refractivity contribution in [2.45, 2.75) is 22.9 Å². The number of rotatable bonds is 3. The highest BCUT2D eigenvalue weighted by Gasteiger charge is 2.33. The Hall–Kier alpha value is -1.75. The number of aldehydes is 1. The van der Waals surface area contributed by atoms with E-state index in [-0.39, 0.29) is 11.8 Å². The van der Waals surface area contributed by atoms with Crippen molar-refractivity contribution in [3.8, 4) is 0 Å². The number of hydrogen-bond donors (Lipinski definition) is 0. The largest absolute Gasteiger partial charge is 0.417 e. The predicted molar refractivity (Wildman–Crippen MR) is 72.1 cm³/mol. The average molecular weight is 296 g/mol. The summed E-state index contributed by atoms with van der Waals surface area (Å²) in [5.74, 6) is 0. The molecule has 20 heavy (non-hydrogen) atoms. The smallest absolute Gasteiger partial charge is 0.298 e. The highest BCUT2D eigenvalue weighted by Crippen LogP contribution is 2.36. The predicted octanol–water partition coefficient (Wildman–Crippen LogP) is 4.98. The van der Waals surface area contributed by atoms with Crippen molar-refractivity contribution in [1.29, 1.82) is 0 Å². The Morgan fingerprint density at radius 2 is 1.75 bits per heavy atom. The molecule has 0 spiro atoms. The van der Waals surface area contributed by atoms with Crippen LogP contribution < -0.4 is 0 Å². The summed E-state index contributed by atoms with van der Waals surface area (Å²) in [4.78, 5) is 12.0. The number of alkyl halides is 3. The van der Waals surface area contributed by atoms with Crippen molar-refractivity contribution >= 4 is 18.0 Å². The van der Waals surface area contributed by atoms with Gasteiger partial charge in [-0.3, -0.25) is 4.79 Å². The zero-order valence-corrected chi connectivity index (χ0v) is 11.4. The van der Waals surface area contributed by atoms with Crippen molar-refractivity contribution in [2.24, 2.45) is 0 Å². The van der Waals surface area contributed by atoms with Crippen LogP contribution in [0.5, 0.6) is 0 Å². The first-order valence-corrected chi connectivity index (χ1v) is 6.63. The number of aryl methyl sites for hydroxylation is 1. The van der Waals surface area contributed by atoms with Crippen molar-refractivity contribution in [3.63, 3.8) is 0 Å². The topological polar surface area (TPSA) is 17.1 Å². The van der Waals surface area contributed by atoms with E-state index in [0.29, 0.717) is 4.90 Å². The van der Waals surface area contributed by atoms with Crippen LogP contribution in [0.15, 0.2) is 52.3 Å². The maximum absolute atomic E-state index is 12.9. The van der Waals surface area contributed by atoms with E-state index >= 15 is 0 Å². The molecule has 0 amide bonds. The molecule has 2 rings (SSSR count). The molecule has 0 atom stereocenters. The molecule has 0 saturated carbocycles. The summed E-state index contributed by atoms with van der Waals surface area (Å²) in [5.41, 5.74) is -0.202. The van der Waals surface area contributed by atoms with E-state index in [1.807, 2.05) is 31.2 Å². The molecule has 0 aromatic heterocycles. The lowest BCUT2D eigenvalue weighted by Gasteiger charge is -2.11. The molecule has 0 aliphatic carbocycles. The van der Waals surface area contributed by atoms with Crippen LogP contribution in [0, 0.1) is 6.92 Å². The Bertz CT molecular complexity index is 635. The van der Waals surface area contributed by atoms with Gasteiger partial charge in [0.2, 0.25) is 0 Å². The second-order valence-electron chi connectivity index (χ2n) is 4.28. The minimum absolute atomic E-state index is 0.226. The third-order valence-electron chi connectivity index (χ3n) is 2.68. The molecule has 2 aromatic rings. The molecule has 0 radical (unpaired) electrons. The molecule has 0 heterocycles.